The Morgan fingerprint density at radius 3 is 2.58 bits per heavy atom. The van der Waals surface area contributed by atoms with Gasteiger partial charge in [-0.1, -0.05) is 60.8 Å². The van der Waals surface area contributed by atoms with Gasteiger partial charge in [-0.15, -0.1) is 0 Å². The third-order valence-electron chi connectivity index (χ3n) is 10.2. The van der Waals surface area contributed by atoms with E-state index in [1.165, 1.54) is 6.92 Å². The first-order valence-electron chi connectivity index (χ1n) is 19.0. The van der Waals surface area contributed by atoms with Crippen LogP contribution in [0.2, 0.25) is 0 Å². The van der Waals surface area contributed by atoms with Gasteiger partial charge in [-0.2, -0.15) is 0 Å². The Hall–Kier alpha value is -2.31. The van der Waals surface area contributed by atoms with E-state index in [4.69, 9.17) is 15.2 Å². The number of phenolic OH excluding ortho intramolecular Hbond substituents is 1. The molecule has 0 aromatic heterocycles. The maximum atomic E-state index is 13.7. The van der Waals surface area contributed by atoms with E-state index in [9.17, 15) is 19.8 Å². The number of aryl methyl sites for hydroxylation is 1. The van der Waals surface area contributed by atoms with Gasteiger partial charge in [-0.3, -0.25) is 9.59 Å². The molecule has 1 saturated carbocycles. The van der Waals surface area contributed by atoms with E-state index in [2.05, 4.69) is 24.2 Å². The molecule has 2 aliphatic heterocycles. The largest absolute Gasteiger partial charge is 0.504 e. The van der Waals surface area contributed by atoms with Crippen molar-refractivity contribution in [2.75, 3.05) is 18.2 Å². The minimum absolute atomic E-state index is 0.0486. The molecule has 50 heavy (non-hydrogen) atoms. The van der Waals surface area contributed by atoms with E-state index in [0.29, 0.717) is 74.3 Å². The number of hydrogen-bond acceptors (Lipinski definition) is 11. The number of phenols is 1. The second kappa shape index (κ2) is 21.3. The molecule has 0 unspecified atom stereocenters. The molecule has 12 heteroatoms. The summed E-state index contributed by atoms with van der Waals surface area (Å²) in [5.41, 5.74) is 7.82. The van der Waals surface area contributed by atoms with Crippen LogP contribution >= 0.6 is 21.6 Å². The summed E-state index contributed by atoms with van der Waals surface area (Å²) in [5, 5.41) is 25.7. The van der Waals surface area contributed by atoms with Crippen LogP contribution in [-0.2, 0) is 27.3 Å². The number of amides is 1. The Morgan fingerprint density at radius 2 is 1.82 bits per heavy atom. The fraction of sp³-hybridized carbons (Fsp3) is 0.763. The predicted octanol–water partition coefficient (Wildman–Crippen LogP) is 7.08. The highest BCUT2D eigenvalue weighted by atomic mass is 33.1. The number of nitrogens with zero attached hydrogens (tertiary/aromatic N) is 2. The van der Waals surface area contributed by atoms with E-state index in [-0.39, 0.29) is 35.7 Å². The molecule has 282 valence electrons. The van der Waals surface area contributed by atoms with Crippen molar-refractivity contribution in [1.29, 1.82) is 0 Å². The standard InChI is InChI=1S/C38H62N4O6S2/c1-26(2)13-16-34-29-17-18-40-38(39)41-25-50-49-19-9-5-4-6-10-31(44)23-33(47-27(3)43)15-14-28-20-30(24-42(34)36(45)22-29)37(46)35(21-28)48-32-11-7-8-12-32/h20-21,26,29,31-34,44,46H,4-19,22-25H2,1-3H3,(H3,39,40,41)/t29-,31-,33+,34+/m0/s1. The fourth-order valence-corrected chi connectivity index (χ4v) is 9.30. The first kappa shape index (κ1) is 40.5. The maximum absolute atomic E-state index is 13.7. The van der Waals surface area contributed by atoms with E-state index in [1.54, 1.807) is 21.6 Å². The Balaban J connectivity index is 1.59. The van der Waals surface area contributed by atoms with Gasteiger partial charge in [0.25, 0.3) is 0 Å². The SMILES string of the molecule is CC(=O)O[C@@H]1CCc2cc(c(O)c(OC3CCCC3)c2)CN2C(=O)C[C@H](CCNC(N)=NCSSCCCCCC[C@H](O)C1)[C@H]2CCC(C)C. The average Bonchev–Trinajstić information content (AvgIpc) is 3.68. The molecule has 1 aromatic rings. The minimum atomic E-state index is -0.548. The summed E-state index contributed by atoms with van der Waals surface area (Å²) in [7, 11) is 3.50. The lowest BCUT2D eigenvalue weighted by atomic mass is 9.90. The zero-order valence-electron chi connectivity index (χ0n) is 30.6. The van der Waals surface area contributed by atoms with E-state index in [1.807, 2.05) is 17.0 Å². The van der Waals surface area contributed by atoms with E-state index in [0.717, 1.165) is 81.9 Å². The zero-order chi connectivity index (χ0) is 35.9. The van der Waals surface area contributed by atoms with E-state index >= 15 is 0 Å². The van der Waals surface area contributed by atoms with Crippen LogP contribution in [0.4, 0.5) is 0 Å². The van der Waals surface area contributed by atoms with Crippen molar-refractivity contribution in [2.24, 2.45) is 22.6 Å². The molecule has 10 nitrogen and oxygen atoms in total. The monoisotopic (exact) mass is 734 g/mol. The number of aliphatic imine (C=N–C) groups is 1. The quantitative estimate of drug-likeness (QED) is 0.177. The molecule has 1 amide bonds. The summed E-state index contributed by atoms with van der Waals surface area (Å²) in [6.45, 7) is 6.78. The molecule has 1 aliphatic carbocycles. The van der Waals surface area contributed by atoms with Crippen LogP contribution in [0.25, 0.3) is 0 Å². The topological polar surface area (TPSA) is 147 Å². The van der Waals surface area contributed by atoms with Crippen LogP contribution in [0.1, 0.15) is 128 Å². The highest BCUT2D eigenvalue weighted by molar-refractivity contribution is 8.76. The number of hydrogen-bond donors (Lipinski definition) is 4. The molecule has 0 spiro atoms. The average molecular weight is 735 g/mol. The van der Waals surface area contributed by atoms with Crippen molar-refractivity contribution < 1.29 is 29.3 Å². The van der Waals surface area contributed by atoms with Crippen molar-refractivity contribution in [1.82, 2.24) is 10.2 Å². The second-order valence-corrected chi connectivity index (χ2v) is 17.4. The summed E-state index contributed by atoms with van der Waals surface area (Å²) < 4.78 is 12.1. The van der Waals surface area contributed by atoms with Gasteiger partial charge < -0.3 is 35.6 Å². The van der Waals surface area contributed by atoms with Gasteiger partial charge in [-0.05, 0) is 94.1 Å². The smallest absolute Gasteiger partial charge is 0.302 e. The van der Waals surface area contributed by atoms with Crippen molar-refractivity contribution in [3.63, 3.8) is 0 Å². The predicted molar refractivity (Wildman–Crippen MR) is 204 cm³/mol. The lowest BCUT2D eigenvalue weighted by Gasteiger charge is -2.30. The number of ether oxygens (including phenoxy) is 2. The summed E-state index contributed by atoms with van der Waals surface area (Å²) in [5.74, 6) is 3.04. The lowest BCUT2D eigenvalue weighted by molar-refractivity contribution is -0.148. The third-order valence-corrected chi connectivity index (χ3v) is 12.4. The van der Waals surface area contributed by atoms with Crippen LogP contribution < -0.4 is 15.8 Å². The molecule has 4 atom stereocenters. The molecule has 1 saturated heterocycles. The molecule has 2 fully saturated rings. The Kier molecular flexibility index (Phi) is 17.2. The number of nitrogens with one attached hydrogen (secondary N) is 1. The molecule has 1 aromatic carbocycles. The normalized spacial score (nSPS) is 26.0. The molecule has 4 rings (SSSR count). The first-order valence-corrected chi connectivity index (χ1v) is 21.5. The zero-order valence-corrected chi connectivity index (χ0v) is 32.2. The number of aliphatic hydroxyl groups excluding tert-OH is 1. The van der Waals surface area contributed by atoms with Crippen LogP contribution in [0, 0.1) is 11.8 Å². The molecule has 2 heterocycles. The molecular formula is C38H62N4O6S2. The van der Waals surface area contributed by atoms with E-state index < -0.39 is 12.2 Å². The van der Waals surface area contributed by atoms with Crippen molar-refractivity contribution in [2.45, 2.75) is 154 Å². The first-order chi connectivity index (χ1) is 24.1. The Labute approximate surface area is 307 Å². The highest BCUT2D eigenvalue weighted by Gasteiger charge is 2.39. The number of fused-ring (bicyclic) bond motifs is 4. The van der Waals surface area contributed by atoms with Crippen molar-refractivity contribution >= 4 is 39.4 Å². The van der Waals surface area contributed by atoms with Gasteiger partial charge in [0, 0.05) is 50.2 Å². The lowest BCUT2D eigenvalue weighted by Crippen LogP contribution is -2.37. The summed E-state index contributed by atoms with van der Waals surface area (Å²) >= 11 is 0. The minimum Gasteiger partial charge on any atom is -0.504 e. The Bertz CT molecular complexity index is 1240. The summed E-state index contributed by atoms with van der Waals surface area (Å²) in [4.78, 5) is 32.2. The summed E-state index contributed by atoms with van der Waals surface area (Å²) in [6, 6.07) is 3.94. The number of aromatic hydroxyl groups is 1. The van der Waals surface area contributed by atoms with Gasteiger partial charge >= 0.3 is 5.97 Å². The number of carbonyl (C=O) groups excluding carboxylic acids is 2. The number of aliphatic hydroxyl groups is 1. The molecule has 4 bridgehead atoms. The van der Waals surface area contributed by atoms with Crippen LogP contribution in [-0.4, -0.2) is 75.5 Å². The van der Waals surface area contributed by atoms with Crippen molar-refractivity contribution in [3.8, 4) is 11.5 Å². The number of guanidine groups is 1. The summed E-state index contributed by atoms with van der Waals surface area (Å²) in [6.07, 6.45) is 12.7. The van der Waals surface area contributed by atoms with Gasteiger partial charge in [-0.25, -0.2) is 4.99 Å². The van der Waals surface area contributed by atoms with Gasteiger partial charge in [0.2, 0.25) is 5.91 Å². The van der Waals surface area contributed by atoms with Gasteiger partial charge in [0.1, 0.15) is 6.10 Å². The van der Waals surface area contributed by atoms with Crippen LogP contribution in [0.3, 0.4) is 0 Å². The number of nitrogens with two attached hydrogens (primary N) is 1. The number of esters is 1. The van der Waals surface area contributed by atoms with Gasteiger partial charge in [0.15, 0.2) is 17.5 Å². The van der Waals surface area contributed by atoms with Crippen LogP contribution in [0.15, 0.2) is 17.1 Å². The van der Waals surface area contributed by atoms with Crippen LogP contribution in [0.5, 0.6) is 11.5 Å². The fourth-order valence-electron chi connectivity index (χ4n) is 7.50. The molecule has 0 radical (unpaired) electrons. The van der Waals surface area contributed by atoms with Gasteiger partial charge in [0.05, 0.1) is 18.1 Å². The number of carbonyl (C=O) groups is 2. The highest BCUT2D eigenvalue weighted by Crippen LogP contribution is 2.39. The number of benzene rings is 1. The maximum Gasteiger partial charge on any atom is 0.302 e. The third kappa shape index (κ3) is 13.7. The molecule has 5 N–H and O–H groups in total. The number of rotatable bonds is 6. The van der Waals surface area contributed by atoms with Crippen molar-refractivity contribution in [3.05, 3.63) is 23.3 Å². The Morgan fingerprint density at radius 1 is 1.06 bits per heavy atom. The molecule has 3 aliphatic rings. The second-order valence-electron chi connectivity index (χ2n) is 14.8. The molecular weight excluding hydrogens is 673 g/mol.